The number of hydrogen-bond donors (Lipinski definition) is 1. The van der Waals surface area contributed by atoms with Gasteiger partial charge in [-0.1, -0.05) is 15.9 Å². The van der Waals surface area contributed by atoms with E-state index in [2.05, 4.69) is 21.2 Å². The predicted octanol–water partition coefficient (Wildman–Crippen LogP) is 4.43. The van der Waals surface area contributed by atoms with Crippen molar-refractivity contribution in [1.82, 2.24) is 10.2 Å². The van der Waals surface area contributed by atoms with E-state index < -0.39 is 0 Å². The molecule has 4 bridgehead atoms. The highest BCUT2D eigenvalue weighted by molar-refractivity contribution is 9.10. The Bertz CT molecular complexity index is 797. The van der Waals surface area contributed by atoms with Gasteiger partial charge in [0.25, 0.3) is 5.91 Å². The van der Waals surface area contributed by atoms with Crippen molar-refractivity contribution in [3.8, 4) is 0 Å². The van der Waals surface area contributed by atoms with Crippen molar-refractivity contribution in [2.75, 3.05) is 13.1 Å². The van der Waals surface area contributed by atoms with Gasteiger partial charge in [0.15, 0.2) is 5.76 Å². The smallest absolute Gasteiger partial charge is 0.287 e. The number of furan rings is 1. The second-order valence-electron chi connectivity index (χ2n) is 10.3. The Morgan fingerprint density at radius 1 is 1.21 bits per heavy atom. The standard InChI is InChI=1S/C23H31BrN2O3/c1-15-4-7-29-20(15)21(28)25-18-2-5-26(6-3-18)19(27)13-22-9-16-8-17(10-22)12-23(24,11-16)14-22/h4,7,16-18H,2-3,5-6,8-14H2,1H3,(H,25,28). The van der Waals surface area contributed by atoms with Crippen molar-refractivity contribution < 1.29 is 14.0 Å². The summed E-state index contributed by atoms with van der Waals surface area (Å²) in [7, 11) is 0. The largest absolute Gasteiger partial charge is 0.459 e. The molecule has 2 unspecified atom stereocenters. The zero-order valence-corrected chi connectivity index (χ0v) is 18.8. The molecule has 0 aromatic carbocycles. The molecule has 5 aliphatic rings. The second kappa shape index (κ2) is 7.14. The number of amides is 2. The van der Waals surface area contributed by atoms with E-state index in [1.54, 1.807) is 12.3 Å². The number of hydrogen-bond acceptors (Lipinski definition) is 3. The monoisotopic (exact) mass is 462 g/mol. The molecule has 5 nitrogen and oxygen atoms in total. The van der Waals surface area contributed by atoms with Gasteiger partial charge in [-0.25, -0.2) is 0 Å². The van der Waals surface area contributed by atoms with E-state index in [1.165, 1.54) is 38.5 Å². The van der Waals surface area contributed by atoms with Gasteiger partial charge in [0.1, 0.15) is 0 Å². The summed E-state index contributed by atoms with van der Waals surface area (Å²) in [5, 5.41) is 3.08. The lowest BCUT2D eigenvalue weighted by Crippen LogP contribution is -2.54. The summed E-state index contributed by atoms with van der Waals surface area (Å²) < 4.78 is 5.59. The highest BCUT2D eigenvalue weighted by atomic mass is 79.9. The van der Waals surface area contributed by atoms with E-state index in [1.807, 2.05) is 11.8 Å². The summed E-state index contributed by atoms with van der Waals surface area (Å²) >= 11 is 4.06. The predicted molar refractivity (Wildman–Crippen MR) is 114 cm³/mol. The van der Waals surface area contributed by atoms with Crippen LogP contribution < -0.4 is 5.32 Å². The first-order chi connectivity index (χ1) is 13.8. The summed E-state index contributed by atoms with van der Waals surface area (Å²) in [5.41, 5.74) is 1.09. The van der Waals surface area contributed by atoms with Crippen molar-refractivity contribution in [2.45, 2.75) is 75.1 Å². The zero-order valence-electron chi connectivity index (χ0n) is 17.2. The van der Waals surface area contributed by atoms with Gasteiger partial charge in [-0.15, -0.1) is 0 Å². The molecule has 6 heteroatoms. The van der Waals surface area contributed by atoms with E-state index >= 15 is 0 Å². The topological polar surface area (TPSA) is 62.6 Å². The Morgan fingerprint density at radius 3 is 2.48 bits per heavy atom. The minimum Gasteiger partial charge on any atom is -0.459 e. The molecule has 5 fully saturated rings. The maximum atomic E-state index is 13.2. The molecule has 0 radical (unpaired) electrons. The van der Waals surface area contributed by atoms with E-state index in [0.29, 0.717) is 16.0 Å². The number of nitrogens with zero attached hydrogens (tertiary/aromatic N) is 1. The molecule has 1 N–H and O–H groups in total. The van der Waals surface area contributed by atoms with Crippen molar-refractivity contribution in [3.63, 3.8) is 0 Å². The van der Waals surface area contributed by atoms with Crippen LogP contribution in [0.2, 0.25) is 0 Å². The Labute approximate surface area is 181 Å². The maximum absolute atomic E-state index is 13.2. The Kier molecular flexibility index (Phi) is 4.84. The number of rotatable bonds is 4. The molecular weight excluding hydrogens is 432 g/mol. The molecule has 1 aromatic rings. The lowest BCUT2D eigenvalue weighted by atomic mass is 9.48. The first-order valence-corrected chi connectivity index (χ1v) is 11.9. The van der Waals surface area contributed by atoms with Crippen LogP contribution in [0.1, 0.15) is 73.9 Å². The minimum absolute atomic E-state index is 0.112. The third kappa shape index (κ3) is 3.77. The molecular formula is C23H31BrN2O3. The van der Waals surface area contributed by atoms with Crippen LogP contribution in [0.15, 0.2) is 16.7 Å². The molecule has 1 aliphatic heterocycles. The van der Waals surface area contributed by atoms with Crippen LogP contribution in [0.5, 0.6) is 0 Å². The SMILES string of the molecule is Cc1ccoc1C(=O)NC1CCN(C(=O)CC23CC4CC(CC(Br)(C4)C2)C3)CC1. The van der Waals surface area contributed by atoms with E-state index in [0.717, 1.165) is 49.8 Å². The van der Waals surface area contributed by atoms with Crippen LogP contribution in [0.3, 0.4) is 0 Å². The van der Waals surface area contributed by atoms with Gasteiger partial charge in [0, 0.05) is 35.4 Å². The molecule has 1 aromatic heterocycles. The fourth-order valence-corrected chi connectivity index (χ4v) is 8.62. The summed E-state index contributed by atoms with van der Waals surface area (Å²) in [6, 6.07) is 1.92. The van der Waals surface area contributed by atoms with Crippen LogP contribution in [-0.4, -0.2) is 40.2 Å². The van der Waals surface area contributed by atoms with Gasteiger partial charge < -0.3 is 14.6 Å². The number of nitrogens with one attached hydrogen (secondary N) is 1. The van der Waals surface area contributed by atoms with Gasteiger partial charge >= 0.3 is 0 Å². The van der Waals surface area contributed by atoms with E-state index in [4.69, 9.17) is 4.42 Å². The molecule has 2 atom stereocenters. The molecule has 2 heterocycles. The Hall–Kier alpha value is -1.30. The van der Waals surface area contributed by atoms with E-state index in [9.17, 15) is 9.59 Å². The van der Waals surface area contributed by atoms with Gasteiger partial charge in [-0.3, -0.25) is 9.59 Å². The Morgan fingerprint density at radius 2 is 1.90 bits per heavy atom. The average molecular weight is 463 g/mol. The number of alkyl halides is 1. The lowest BCUT2D eigenvalue weighted by molar-refractivity contribution is -0.139. The van der Waals surface area contributed by atoms with Crippen LogP contribution in [0, 0.1) is 24.2 Å². The quantitative estimate of drug-likeness (QED) is 0.672. The lowest BCUT2D eigenvalue weighted by Gasteiger charge is -2.60. The van der Waals surface area contributed by atoms with Crippen molar-refractivity contribution >= 4 is 27.7 Å². The second-order valence-corrected chi connectivity index (χ2v) is 12.0. The summed E-state index contributed by atoms with van der Waals surface area (Å²) in [6.45, 7) is 3.35. The van der Waals surface area contributed by atoms with Gasteiger partial charge in [-0.05, 0) is 81.6 Å². The summed E-state index contributed by atoms with van der Waals surface area (Å²) in [5.74, 6) is 2.21. The number of halogens is 1. The van der Waals surface area contributed by atoms with Gasteiger partial charge in [0.05, 0.1) is 6.26 Å². The van der Waals surface area contributed by atoms with Crippen LogP contribution in [-0.2, 0) is 4.79 Å². The number of aryl methyl sites for hydroxylation is 1. The number of carbonyl (C=O) groups is 2. The fourth-order valence-electron chi connectivity index (χ4n) is 7.10. The third-order valence-electron chi connectivity index (χ3n) is 7.89. The molecule has 158 valence electrons. The number of piperidine rings is 1. The first-order valence-electron chi connectivity index (χ1n) is 11.1. The van der Waals surface area contributed by atoms with E-state index in [-0.39, 0.29) is 17.4 Å². The zero-order chi connectivity index (χ0) is 20.2. The summed E-state index contributed by atoms with van der Waals surface area (Å²) in [6.07, 6.45) is 11.6. The van der Waals surface area contributed by atoms with Crippen molar-refractivity contribution in [2.24, 2.45) is 17.3 Å². The summed E-state index contributed by atoms with van der Waals surface area (Å²) in [4.78, 5) is 27.6. The Balaban J connectivity index is 1.15. The highest BCUT2D eigenvalue weighted by Gasteiger charge is 2.57. The molecule has 6 rings (SSSR count). The fraction of sp³-hybridized carbons (Fsp3) is 0.739. The maximum Gasteiger partial charge on any atom is 0.287 e. The van der Waals surface area contributed by atoms with Crippen molar-refractivity contribution in [1.29, 1.82) is 0 Å². The average Bonchev–Trinajstić information content (AvgIpc) is 3.06. The third-order valence-corrected chi connectivity index (χ3v) is 8.82. The highest BCUT2D eigenvalue weighted by Crippen LogP contribution is 2.65. The van der Waals surface area contributed by atoms with Crippen LogP contribution in [0.4, 0.5) is 0 Å². The molecule has 29 heavy (non-hydrogen) atoms. The van der Waals surface area contributed by atoms with Gasteiger partial charge in [0.2, 0.25) is 5.91 Å². The van der Waals surface area contributed by atoms with Gasteiger partial charge in [-0.2, -0.15) is 0 Å². The molecule has 4 saturated carbocycles. The first kappa shape index (κ1) is 19.7. The number of carbonyl (C=O) groups excluding carboxylic acids is 2. The molecule has 2 amide bonds. The molecule has 4 aliphatic carbocycles. The minimum atomic E-state index is -0.145. The van der Waals surface area contributed by atoms with Crippen LogP contribution in [0.25, 0.3) is 0 Å². The number of likely N-dealkylation sites (tertiary alicyclic amines) is 1. The van der Waals surface area contributed by atoms with Crippen LogP contribution >= 0.6 is 15.9 Å². The van der Waals surface area contributed by atoms with Crippen molar-refractivity contribution in [3.05, 3.63) is 23.7 Å². The molecule has 0 spiro atoms. The molecule has 1 saturated heterocycles. The normalized spacial score (nSPS) is 36.4.